The van der Waals surface area contributed by atoms with Gasteiger partial charge in [-0.3, -0.25) is 0 Å². The van der Waals surface area contributed by atoms with E-state index in [0.29, 0.717) is 23.0 Å². The normalized spacial score (nSPS) is 19.3. The number of halogens is 2. The second-order valence-corrected chi connectivity index (χ2v) is 6.64. The van der Waals surface area contributed by atoms with E-state index in [2.05, 4.69) is 39.7 Å². The average molecular weight is 358 g/mol. The number of aryl methyl sites for hydroxylation is 1. The Bertz CT molecular complexity index is 901. The molecule has 0 amide bonds. The highest BCUT2D eigenvalue weighted by Crippen LogP contribution is 2.41. The molecular weight excluding hydrogens is 341 g/mol. The summed E-state index contributed by atoms with van der Waals surface area (Å²) in [5.74, 6) is 0.297. The van der Waals surface area contributed by atoms with Crippen LogP contribution >= 0.6 is 11.6 Å². The van der Waals surface area contributed by atoms with E-state index in [9.17, 15) is 4.39 Å². The number of aromatic nitrogens is 3. The van der Waals surface area contributed by atoms with E-state index in [1.54, 1.807) is 16.8 Å². The molecule has 0 saturated carbocycles. The van der Waals surface area contributed by atoms with Gasteiger partial charge in [-0.05, 0) is 31.0 Å². The molecule has 7 heteroatoms. The lowest BCUT2D eigenvalue weighted by Gasteiger charge is -2.32. The van der Waals surface area contributed by atoms with Crippen LogP contribution in [0.15, 0.2) is 42.5 Å². The molecule has 25 heavy (non-hydrogen) atoms. The maximum absolute atomic E-state index is 14.5. The molecule has 3 aromatic rings. The van der Waals surface area contributed by atoms with Gasteiger partial charge in [0, 0.05) is 10.6 Å². The molecule has 1 aliphatic rings. The summed E-state index contributed by atoms with van der Waals surface area (Å²) < 4.78 is 16.1. The molecule has 3 N–H and O–H groups in total. The van der Waals surface area contributed by atoms with Crippen molar-refractivity contribution in [3.8, 4) is 0 Å². The monoisotopic (exact) mass is 357 g/mol. The van der Waals surface area contributed by atoms with Crippen LogP contribution in [0.5, 0.6) is 0 Å². The van der Waals surface area contributed by atoms with Crippen molar-refractivity contribution in [3.63, 3.8) is 0 Å². The molecule has 2 heterocycles. The van der Waals surface area contributed by atoms with Gasteiger partial charge in [-0.15, -0.1) is 5.10 Å². The Morgan fingerprint density at radius 1 is 1.24 bits per heavy atom. The third-order valence-corrected chi connectivity index (χ3v) is 4.85. The fraction of sp³-hybridized carbons (Fsp3) is 0.222. The zero-order chi connectivity index (χ0) is 17.6. The smallest absolute Gasteiger partial charge is 0.241 e. The lowest BCUT2D eigenvalue weighted by atomic mass is 9.92. The lowest BCUT2D eigenvalue weighted by molar-refractivity contribution is 0.416. The number of anilines is 2. The van der Waals surface area contributed by atoms with E-state index >= 15 is 0 Å². The summed E-state index contributed by atoms with van der Waals surface area (Å²) in [5, 5.41) is 7.94. The fourth-order valence-electron chi connectivity index (χ4n) is 3.28. The van der Waals surface area contributed by atoms with E-state index < -0.39 is 0 Å². The van der Waals surface area contributed by atoms with Gasteiger partial charge in [0.2, 0.25) is 11.9 Å². The number of nitrogens with one attached hydrogen (secondary N) is 1. The highest BCUT2D eigenvalue weighted by molar-refractivity contribution is 6.31. The van der Waals surface area contributed by atoms with E-state index in [1.807, 2.05) is 6.92 Å². The first-order valence-corrected chi connectivity index (χ1v) is 8.40. The van der Waals surface area contributed by atoms with Crippen molar-refractivity contribution in [2.45, 2.75) is 25.4 Å². The van der Waals surface area contributed by atoms with Gasteiger partial charge in [0.1, 0.15) is 5.82 Å². The number of nitrogens with two attached hydrogens (primary N) is 1. The first-order valence-electron chi connectivity index (χ1n) is 8.02. The van der Waals surface area contributed by atoms with Crippen LogP contribution in [-0.2, 0) is 0 Å². The molecule has 4 rings (SSSR count). The summed E-state index contributed by atoms with van der Waals surface area (Å²) >= 11 is 6.30. The molecule has 0 aliphatic carbocycles. The highest BCUT2D eigenvalue weighted by Gasteiger charge is 2.33. The fourth-order valence-corrected chi connectivity index (χ4v) is 3.57. The van der Waals surface area contributed by atoms with Gasteiger partial charge in [0.05, 0.1) is 12.1 Å². The van der Waals surface area contributed by atoms with Gasteiger partial charge in [-0.25, -0.2) is 9.07 Å². The number of fused-ring (bicyclic) bond motifs is 1. The van der Waals surface area contributed by atoms with Gasteiger partial charge in [0.15, 0.2) is 0 Å². The first kappa shape index (κ1) is 15.9. The van der Waals surface area contributed by atoms with E-state index in [-0.39, 0.29) is 23.8 Å². The maximum atomic E-state index is 14.5. The van der Waals surface area contributed by atoms with Crippen molar-refractivity contribution in [2.75, 3.05) is 11.1 Å². The summed E-state index contributed by atoms with van der Waals surface area (Å²) in [6.45, 7) is 2.04. The van der Waals surface area contributed by atoms with E-state index in [4.69, 9.17) is 17.3 Å². The molecule has 5 nitrogen and oxygen atoms in total. The number of nitrogen functional groups attached to an aromatic ring is 1. The van der Waals surface area contributed by atoms with Crippen molar-refractivity contribution in [1.82, 2.24) is 14.8 Å². The molecule has 0 fully saturated rings. The van der Waals surface area contributed by atoms with Gasteiger partial charge in [-0.2, -0.15) is 4.98 Å². The van der Waals surface area contributed by atoms with Crippen LogP contribution < -0.4 is 11.1 Å². The van der Waals surface area contributed by atoms with Crippen LogP contribution in [0.1, 0.15) is 35.2 Å². The van der Waals surface area contributed by atoms with Crippen molar-refractivity contribution in [1.29, 1.82) is 0 Å². The Kier molecular flexibility index (Phi) is 3.84. The standard InChI is InChI=1S/C18H17ClFN5/c1-10-5-7-11(8-6-10)14-9-15(16-12(19)3-2-4-13(16)20)25-18(22-14)23-17(21)24-25/h2-8,14-15H,9H2,1H3,(H3,21,22,23,24). The quantitative estimate of drug-likeness (QED) is 0.724. The van der Waals surface area contributed by atoms with Crippen molar-refractivity contribution < 1.29 is 4.39 Å². The number of hydrogen-bond donors (Lipinski definition) is 2. The molecule has 0 radical (unpaired) electrons. The topological polar surface area (TPSA) is 68.8 Å². The molecule has 1 aromatic heterocycles. The van der Waals surface area contributed by atoms with Crippen LogP contribution in [0.2, 0.25) is 5.02 Å². The summed E-state index contributed by atoms with van der Waals surface area (Å²) in [7, 11) is 0. The molecule has 2 aromatic carbocycles. The Hall–Kier alpha value is -2.60. The minimum atomic E-state index is -0.388. The van der Waals surface area contributed by atoms with Crippen LogP contribution in [0.3, 0.4) is 0 Å². The molecule has 2 atom stereocenters. The molecule has 2 unspecified atom stereocenters. The Balaban J connectivity index is 1.81. The van der Waals surface area contributed by atoms with Gasteiger partial charge in [-0.1, -0.05) is 47.5 Å². The number of nitrogens with zero attached hydrogens (tertiary/aromatic N) is 3. The summed E-state index contributed by atoms with van der Waals surface area (Å²) in [6, 6.07) is 12.5. The minimum Gasteiger partial charge on any atom is -0.366 e. The predicted octanol–water partition coefficient (Wildman–Crippen LogP) is 4.11. The summed E-state index contributed by atoms with van der Waals surface area (Å²) in [5.41, 5.74) is 8.45. The van der Waals surface area contributed by atoms with Gasteiger partial charge < -0.3 is 11.1 Å². The largest absolute Gasteiger partial charge is 0.366 e. The maximum Gasteiger partial charge on any atom is 0.241 e. The molecule has 0 saturated heterocycles. The van der Waals surface area contributed by atoms with E-state index in [1.165, 1.54) is 11.6 Å². The Morgan fingerprint density at radius 2 is 2.00 bits per heavy atom. The van der Waals surface area contributed by atoms with Gasteiger partial charge in [0.25, 0.3) is 0 Å². The lowest BCUT2D eigenvalue weighted by Crippen LogP contribution is -2.28. The van der Waals surface area contributed by atoms with E-state index in [0.717, 1.165) is 5.56 Å². The van der Waals surface area contributed by atoms with Crippen LogP contribution in [0.25, 0.3) is 0 Å². The van der Waals surface area contributed by atoms with Crippen LogP contribution in [0, 0.1) is 12.7 Å². The van der Waals surface area contributed by atoms with Gasteiger partial charge >= 0.3 is 0 Å². The summed E-state index contributed by atoms with van der Waals surface area (Å²) in [6.07, 6.45) is 0.583. The zero-order valence-corrected chi connectivity index (χ0v) is 14.3. The molecule has 128 valence electrons. The van der Waals surface area contributed by atoms with Crippen molar-refractivity contribution in [3.05, 3.63) is 70.0 Å². The van der Waals surface area contributed by atoms with Crippen molar-refractivity contribution >= 4 is 23.5 Å². The number of rotatable bonds is 2. The molecular formula is C18H17ClFN5. The number of hydrogen-bond acceptors (Lipinski definition) is 4. The summed E-state index contributed by atoms with van der Waals surface area (Å²) in [4.78, 5) is 4.23. The molecule has 0 bridgehead atoms. The Morgan fingerprint density at radius 3 is 2.72 bits per heavy atom. The minimum absolute atomic E-state index is 0.0441. The second kappa shape index (κ2) is 6.04. The van der Waals surface area contributed by atoms with Crippen LogP contribution in [-0.4, -0.2) is 14.8 Å². The average Bonchev–Trinajstić information content (AvgIpc) is 2.95. The molecule has 1 aliphatic heterocycles. The zero-order valence-electron chi connectivity index (χ0n) is 13.6. The Labute approximate surface area is 149 Å². The number of benzene rings is 2. The third kappa shape index (κ3) is 2.82. The second-order valence-electron chi connectivity index (χ2n) is 6.23. The first-order chi connectivity index (χ1) is 12.0. The van der Waals surface area contributed by atoms with Crippen LogP contribution in [0.4, 0.5) is 16.3 Å². The van der Waals surface area contributed by atoms with Crippen molar-refractivity contribution in [2.24, 2.45) is 0 Å². The third-order valence-electron chi connectivity index (χ3n) is 4.52. The molecule has 0 spiro atoms. The SMILES string of the molecule is Cc1ccc(C2CC(c3c(F)cccc3Cl)n3nc(N)nc3N2)cc1. The predicted molar refractivity (Wildman–Crippen MR) is 96.1 cm³/mol. The highest BCUT2D eigenvalue weighted by atomic mass is 35.5.